The maximum absolute atomic E-state index is 12.6. The summed E-state index contributed by atoms with van der Waals surface area (Å²) in [5.41, 5.74) is 0.0179. The average Bonchev–Trinajstić information content (AvgIpc) is 2.98. The normalized spacial score (nSPS) is 24.2. The fraction of sp³-hybridized carbons (Fsp3) is 0.533. The van der Waals surface area contributed by atoms with E-state index in [0.29, 0.717) is 12.2 Å². The Morgan fingerprint density at radius 3 is 2.62 bits per heavy atom. The summed E-state index contributed by atoms with van der Waals surface area (Å²) in [7, 11) is -3.61. The van der Waals surface area contributed by atoms with E-state index in [4.69, 9.17) is 4.74 Å². The van der Waals surface area contributed by atoms with Crippen molar-refractivity contribution in [3.05, 3.63) is 35.9 Å². The summed E-state index contributed by atoms with van der Waals surface area (Å²) >= 11 is 0. The molecular formula is C15H21O5P. The zero-order valence-electron chi connectivity index (χ0n) is 12.0. The molecule has 2 N–H and O–H groups in total. The van der Waals surface area contributed by atoms with Crippen LogP contribution in [0.3, 0.4) is 0 Å². The monoisotopic (exact) mass is 312 g/mol. The lowest BCUT2D eigenvalue weighted by Crippen LogP contribution is -2.26. The van der Waals surface area contributed by atoms with E-state index in [1.807, 2.05) is 0 Å². The molecule has 1 aliphatic heterocycles. The van der Waals surface area contributed by atoms with E-state index in [0.717, 1.165) is 12.8 Å². The number of carboxylic acid groups (broad SMARTS) is 1. The predicted octanol–water partition coefficient (Wildman–Crippen LogP) is 2.69. The largest absolute Gasteiger partial charge is 0.481 e. The second-order valence-corrected chi connectivity index (χ2v) is 8.22. The Bertz CT molecular complexity index is 524. The summed E-state index contributed by atoms with van der Waals surface area (Å²) in [6.45, 7) is 2.29. The zero-order valence-corrected chi connectivity index (χ0v) is 12.9. The number of aliphatic carboxylic acids is 1. The first kappa shape index (κ1) is 16.2. The summed E-state index contributed by atoms with van der Waals surface area (Å²) in [5, 5.41) is 9.37. The zero-order chi connectivity index (χ0) is 15.5. The van der Waals surface area contributed by atoms with Crippen LogP contribution >= 0.6 is 7.37 Å². The summed E-state index contributed by atoms with van der Waals surface area (Å²) in [5.74, 6) is -2.04. The van der Waals surface area contributed by atoms with Crippen molar-refractivity contribution in [2.45, 2.75) is 37.4 Å². The minimum atomic E-state index is -3.61. The topological polar surface area (TPSA) is 83.8 Å². The van der Waals surface area contributed by atoms with Crippen LogP contribution in [0.4, 0.5) is 0 Å². The number of hydrogen-bond acceptors (Lipinski definition) is 3. The molecule has 0 saturated carbocycles. The molecule has 1 aromatic carbocycles. The third-order valence-electron chi connectivity index (χ3n) is 4.08. The van der Waals surface area contributed by atoms with E-state index >= 15 is 0 Å². The van der Waals surface area contributed by atoms with Crippen LogP contribution in [0.15, 0.2) is 30.3 Å². The van der Waals surface area contributed by atoms with Gasteiger partial charge in [0.1, 0.15) is 0 Å². The van der Waals surface area contributed by atoms with Crippen LogP contribution in [-0.2, 0) is 14.1 Å². The van der Waals surface area contributed by atoms with Gasteiger partial charge in [0.2, 0.25) is 7.37 Å². The Labute approximate surface area is 124 Å². The van der Waals surface area contributed by atoms with E-state index < -0.39 is 24.9 Å². The van der Waals surface area contributed by atoms with Crippen LogP contribution < -0.4 is 0 Å². The first-order valence-electron chi connectivity index (χ1n) is 7.12. The van der Waals surface area contributed by atoms with E-state index in [-0.39, 0.29) is 12.3 Å². The van der Waals surface area contributed by atoms with E-state index in [2.05, 4.69) is 0 Å². The van der Waals surface area contributed by atoms with Gasteiger partial charge in [0.25, 0.3) is 0 Å². The van der Waals surface area contributed by atoms with Crippen molar-refractivity contribution in [2.75, 3.05) is 12.8 Å². The molecule has 0 radical (unpaired) electrons. The van der Waals surface area contributed by atoms with Gasteiger partial charge in [-0.2, -0.15) is 0 Å². The van der Waals surface area contributed by atoms with Crippen LogP contribution in [0.25, 0.3) is 0 Å². The van der Waals surface area contributed by atoms with Crippen LogP contribution in [0.2, 0.25) is 0 Å². The van der Waals surface area contributed by atoms with Gasteiger partial charge in [-0.25, -0.2) is 0 Å². The maximum atomic E-state index is 12.6. The second-order valence-electron chi connectivity index (χ2n) is 5.53. The highest BCUT2D eigenvalue weighted by atomic mass is 31.2. The molecule has 0 amide bonds. The van der Waals surface area contributed by atoms with Crippen LogP contribution in [-0.4, -0.2) is 40.5 Å². The van der Waals surface area contributed by atoms with Crippen molar-refractivity contribution in [1.29, 1.82) is 0 Å². The highest BCUT2D eigenvalue weighted by Gasteiger charge is 2.39. The van der Waals surface area contributed by atoms with Crippen molar-refractivity contribution < 1.29 is 24.1 Å². The third-order valence-corrected chi connectivity index (χ3v) is 6.58. The highest BCUT2D eigenvalue weighted by Crippen LogP contribution is 2.52. The molecule has 0 aliphatic carbocycles. The van der Waals surface area contributed by atoms with Crippen molar-refractivity contribution in [2.24, 2.45) is 0 Å². The Balaban J connectivity index is 2.15. The fourth-order valence-electron chi connectivity index (χ4n) is 2.68. The van der Waals surface area contributed by atoms with E-state index in [1.54, 1.807) is 37.3 Å². The molecular weight excluding hydrogens is 291 g/mol. The van der Waals surface area contributed by atoms with Gasteiger partial charge in [-0.3, -0.25) is 9.36 Å². The molecule has 116 valence electrons. The Morgan fingerprint density at radius 1 is 1.43 bits per heavy atom. The standard InChI is InChI=1S/C15H21O5P/c1-11(14-8-5-9-20-14)21(18,19)10-13(15(16)17)12-6-3-2-4-7-12/h2-4,6-7,11,13-14H,5,8-10H2,1H3,(H,16,17)(H,18,19). The molecule has 1 heterocycles. The van der Waals surface area contributed by atoms with Gasteiger partial charge >= 0.3 is 5.97 Å². The van der Waals surface area contributed by atoms with Crippen molar-refractivity contribution in [3.63, 3.8) is 0 Å². The van der Waals surface area contributed by atoms with Crippen molar-refractivity contribution in [1.82, 2.24) is 0 Å². The molecule has 21 heavy (non-hydrogen) atoms. The summed E-state index contributed by atoms with van der Waals surface area (Å²) in [6.07, 6.45) is 1.14. The molecule has 2 rings (SSSR count). The molecule has 1 aromatic rings. The van der Waals surface area contributed by atoms with Gasteiger partial charge in [0, 0.05) is 12.8 Å². The number of carbonyl (C=O) groups is 1. The molecule has 1 fully saturated rings. The number of benzene rings is 1. The van der Waals surface area contributed by atoms with Gasteiger partial charge in [-0.1, -0.05) is 37.3 Å². The van der Waals surface area contributed by atoms with E-state index in [9.17, 15) is 19.4 Å². The molecule has 0 spiro atoms. The first-order valence-corrected chi connectivity index (χ1v) is 9.04. The number of hydrogen-bond donors (Lipinski definition) is 2. The minimum Gasteiger partial charge on any atom is -0.481 e. The third kappa shape index (κ3) is 3.94. The number of rotatable bonds is 6. The number of ether oxygens (including phenoxy) is 1. The van der Waals surface area contributed by atoms with Crippen LogP contribution in [0.1, 0.15) is 31.2 Å². The molecule has 4 unspecified atom stereocenters. The molecule has 6 heteroatoms. The predicted molar refractivity (Wildman–Crippen MR) is 79.9 cm³/mol. The van der Waals surface area contributed by atoms with Crippen molar-refractivity contribution >= 4 is 13.3 Å². The lowest BCUT2D eigenvalue weighted by molar-refractivity contribution is -0.138. The summed E-state index contributed by atoms with van der Waals surface area (Å²) in [4.78, 5) is 21.8. The highest BCUT2D eigenvalue weighted by molar-refractivity contribution is 7.58. The van der Waals surface area contributed by atoms with Crippen LogP contribution in [0, 0.1) is 0 Å². The van der Waals surface area contributed by atoms with Crippen LogP contribution in [0.5, 0.6) is 0 Å². The molecule has 0 aromatic heterocycles. The van der Waals surface area contributed by atoms with Crippen molar-refractivity contribution in [3.8, 4) is 0 Å². The van der Waals surface area contributed by atoms with Gasteiger partial charge in [-0.05, 0) is 18.4 Å². The lowest BCUT2D eigenvalue weighted by Gasteiger charge is -2.26. The SMILES string of the molecule is CC(C1CCCO1)P(=O)(O)CC(C(=O)O)c1ccccc1. The maximum Gasteiger partial charge on any atom is 0.311 e. The first-order chi connectivity index (χ1) is 9.92. The lowest BCUT2D eigenvalue weighted by atomic mass is 10.0. The van der Waals surface area contributed by atoms with Gasteiger partial charge < -0.3 is 14.7 Å². The summed E-state index contributed by atoms with van der Waals surface area (Å²) in [6, 6.07) is 8.61. The molecule has 1 saturated heterocycles. The summed E-state index contributed by atoms with van der Waals surface area (Å²) < 4.78 is 18.1. The van der Waals surface area contributed by atoms with Gasteiger partial charge in [-0.15, -0.1) is 0 Å². The van der Waals surface area contributed by atoms with E-state index in [1.165, 1.54) is 0 Å². The van der Waals surface area contributed by atoms with Gasteiger partial charge in [0.05, 0.1) is 17.7 Å². The molecule has 1 aliphatic rings. The average molecular weight is 312 g/mol. The Hall–Kier alpha value is -1.16. The number of carboxylic acids is 1. The minimum absolute atomic E-state index is 0.244. The fourth-order valence-corrected chi connectivity index (χ4v) is 4.66. The molecule has 5 nitrogen and oxygen atoms in total. The Morgan fingerprint density at radius 2 is 2.10 bits per heavy atom. The molecule has 4 atom stereocenters. The smallest absolute Gasteiger partial charge is 0.311 e. The van der Waals surface area contributed by atoms with Gasteiger partial charge in [0.15, 0.2) is 0 Å². The molecule has 0 bridgehead atoms. The second kappa shape index (κ2) is 6.73. The quantitative estimate of drug-likeness (QED) is 0.789. The Kier molecular flexibility index (Phi) is 5.20.